The number of rotatable bonds is 5. The van der Waals surface area contributed by atoms with Crippen LogP contribution in [0.15, 0.2) is 30.5 Å². The molecule has 3 N–H and O–H groups in total. The number of nitrogens with one attached hydrogen (secondary N) is 2. The molecule has 0 spiro atoms. The van der Waals surface area contributed by atoms with E-state index in [0.717, 1.165) is 51.6 Å². The van der Waals surface area contributed by atoms with Crippen molar-refractivity contribution in [2.75, 3.05) is 18.4 Å². The summed E-state index contributed by atoms with van der Waals surface area (Å²) in [6.45, 7) is 1.91. The number of aromatic nitrogens is 3. The monoisotopic (exact) mass is 385 g/mol. The summed E-state index contributed by atoms with van der Waals surface area (Å²) < 4.78 is 7.68. The van der Waals surface area contributed by atoms with E-state index in [1.807, 2.05) is 12.1 Å². The van der Waals surface area contributed by atoms with Gasteiger partial charge in [-0.15, -0.1) is 5.10 Å². The van der Waals surface area contributed by atoms with Gasteiger partial charge in [0, 0.05) is 5.69 Å². The van der Waals surface area contributed by atoms with Gasteiger partial charge in [0.25, 0.3) is 5.91 Å². The molecule has 2 aliphatic rings. The van der Waals surface area contributed by atoms with Gasteiger partial charge in [-0.2, -0.15) is 0 Å². The average molecular weight is 385 g/mol. The van der Waals surface area contributed by atoms with Crippen LogP contribution in [0.4, 0.5) is 5.69 Å². The van der Waals surface area contributed by atoms with Crippen LogP contribution in [0.3, 0.4) is 0 Å². The third kappa shape index (κ3) is 4.51. The number of piperidine rings is 1. The lowest BCUT2D eigenvalue weighted by Gasteiger charge is -2.28. The second-order valence-electron chi connectivity index (χ2n) is 7.55. The molecule has 2 aromatic rings. The highest BCUT2D eigenvalue weighted by molar-refractivity contribution is 6.02. The molecule has 8 heteroatoms. The van der Waals surface area contributed by atoms with Gasteiger partial charge in [-0.3, -0.25) is 4.79 Å². The highest BCUT2D eigenvalue weighted by Gasteiger charge is 2.24. The Kier molecular flexibility index (Phi) is 5.87. The third-order valence-corrected chi connectivity index (χ3v) is 5.49. The molecule has 8 nitrogen and oxygen atoms in total. The van der Waals surface area contributed by atoms with Crippen molar-refractivity contribution in [2.24, 2.45) is 0 Å². The Morgan fingerprint density at radius 1 is 1.14 bits per heavy atom. The molecule has 28 heavy (non-hydrogen) atoms. The van der Waals surface area contributed by atoms with Crippen LogP contribution >= 0.6 is 0 Å². The fourth-order valence-corrected chi connectivity index (χ4v) is 3.83. The molecule has 1 aromatic carbocycles. The molecule has 4 rings (SSSR count). The van der Waals surface area contributed by atoms with Crippen molar-refractivity contribution in [3.63, 3.8) is 0 Å². The number of ether oxygens (including phenoxy) is 1. The van der Waals surface area contributed by atoms with E-state index in [1.54, 1.807) is 23.0 Å². The molecule has 2 atom stereocenters. The minimum atomic E-state index is -0.407. The number of hydrogen-bond donors (Lipinski definition) is 3. The van der Waals surface area contributed by atoms with Crippen LogP contribution in [0.25, 0.3) is 0 Å². The highest BCUT2D eigenvalue weighted by Crippen LogP contribution is 2.25. The van der Waals surface area contributed by atoms with Gasteiger partial charge in [-0.1, -0.05) is 11.6 Å². The van der Waals surface area contributed by atoms with E-state index in [0.29, 0.717) is 23.2 Å². The molecule has 2 fully saturated rings. The molecule has 1 amide bonds. The van der Waals surface area contributed by atoms with Crippen molar-refractivity contribution >= 4 is 11.6 Å². The highest BCUT2D eigenvalue weighted by atomic mass is 16.5. The van der Waals surface area contributed by atoms with Gasteiger partial charge in [0.05, 0.1) is 18.3 Å². The molecule has 150 valence electrons. The maximum absolute atomic E-state index is 12.5. The lowest BCUT2D eigenvalue weighted by Crippen LogP contribution is -2.34. The number of hydrogen-bond acceptors (Lipinski definition) is 6. The van der Waals surface area contributed by atoms with Crippen molar-refractivity contribution in [1.82, 2.24) is 20.3 Å². The predicted octanol–water partition coefficient (Wildman–Crippen LogP) is 2.14. The van der Waals surface area contributed by atoms with Crippen LogP contribution in [0, 0.1) is 0 Å². The molecule has 1 saturated heterocycles. The predicted molar refractivity (Wildman–Crippen MR) is 104 cm³/mol. The van der Waals surface area contributed by atoms with Crippen molar-refractivity contribution in [3.05, 3.63) is 36.2 Å². The molecule has 1 aliphatic heterocycles. The summed E-state index contributed by atoms with van der Waals surface area (Å²) >= 11 is 0. The summed E-state index contributed by atoms with van der Waals surface area (Å²) in [5.41, 5.74) is 0.974. The second-order valence-corrected chi connectivity index (χ2v) is 7.55. The first-order valence-corrected chi connectivity index (χ1v) is 10.1. The molecule has 2 unspecified atom stereocenters. The number of benzene rings is 1. The lowest BCUT2D eigenvalue weighted by atomic mass is 9.95. The van der Waals surface area contributed by atoms with Crippen LogP contribution in [-0.2, 0) is 0 Å². The Bertz CT molecular complexity index is 785. The molecule has 1 aromatic heterocycles. The van der Waals surface area contributed by atoms with Gasteiger partial charge in [0.15, 0.2) is 5.69 Å². The van der Waals surface area contributed by atoms with E-state index in [4.69, 9.17) is 4.74 Å². The normalized spacial score (nSPS) is 23.3. The fraction of sp³-hybridized carbons (Fsp3) is 0.550. The first-order valence-electron chi connectivity index (χ1n) is 10.1. The topological polar surface area (TPSA) is 101 Å². The molecule has 0 bridgehead atoms. The summed E-state index contributed by atoms with van der Waals surface area (Å²) in [7, 11) is 0. The van der Waals surface area contributed by atoms with E-state index in [2.05, 4.69) is 20.9 Å². The number of amides is 1. The maximum atomic E-state index is 12.5. The van der Waals surface area contributed by atoms with Crippen LogP contribution < -0.4 is 15.4 Å². The maximum Gasteiger partial charge on any atom is 0.277 e. The van der Waals surface area contributed by atoms with E-state index >= 15 is 0 Å². The molecule has 1 aliphatic carbocycles. The van der Waals surface area contributed by atoms with Gasteiger partial charge in [0.1, 0.15) is 11.9 Å². The minimum absolute atomic E-state index is 0.154. The zero-order valence-electron chi connectivity index (χ0n) is 15.9. The van der Waals surface area contributed by atoms with E-state index in [9.17, 15) is 9.90 Å². The Morgan fingerprint density at radius 2 is 1.89 bits per heavy atom. The SMILES string of the molecule is O=C(Nc1ccc(OC2CCCCC2O)cc1)c1cn(C2CCNCC2)nn1. The summed E-state index contributed by atoms with van der Waals surface area (Å²) in [5.74, 6) is 0.414. The zero-order valence-corrected chi connectivity index (χ0v) is 15.9. The standard InChI is InChI=1S/C20H27N5O3/c26-18-3-1-2-4-19(18)28-16-7-5-14(6-8-16)22-20(27)17-13-25(24-23-17)15-9-11-21-12-10-15/h5-8,13,15,18-19,21,26H,1-4,9-12H2,(H,22,27). The second kappa shape index (κ2) is 8.70. The van der Waals surface area contributed by atoms with Crippen LogP contribution in [-0.4, -0.2) is 51.3 Å². The first kappa shape index (κ1) is 18.9. The van der Waals surface area contributed by atoms with Crippen molar-refractivity contribution < 1.29 is 14.6 Å². The summed E-state index contributed by atoms with van der Waals surface area (Å²) in [4.78, 5) is 12.5. The third-order valence-electron chi connectivity index (χ3n) is 5.49. The van der Waals surface area contributed by atoms with Crippen LogP contribution in [0.1, 0.15) is 55.1 Å². The largest absolute Gasteiger partial charge is 0.488 e. The smallest absolute Gasteiger partial charge is 0.277 e. The number of carbonyl (C=O) groups excluding carboxylic acids is 1. The number of carbonyl (C=O) groups is 1. The number of aliphatic hydroxyl groups is 1. The Balaban J connectivity index is 1.33. The van der Waals surface area contributed by atoms with Gasteiger partial charge < -0.3 is 20.5 Å². The van der Waals surface area contributed by atoms with Crippen LogP contribution in [0.2, 0.25) is 0 Å². The Labute approximate surface area is 164 Å². The summed E-state index contributed by atoms with van der Waals surface area (Å²) in [6.07, 6.45) is 6.91. The van der Waals surface area contributed by atoms with E-state index < -0.39 is 6.10 Å². The van der Waals surface area contributed by atoms with Crippen LogP contribution in [0.5, 0.6) is 5.75 Å². The van der Waals surface area contributed by atoms with Crippen molar-refractivity contribution in [3.8, 4) is 5.75 Å². The van der Waals surface area contributed by atoms with Gasteiger partial charge >= 0.3 is 0 Å². The number of aliphatic hydroxyl groups excluding tert-OH is 1. The van der Waals surface area contributed by atoms with Crippen molar-refractivity contribution in [2.45, 2.75) is 56.8 Å². The van der Waals surface area contributed by atoms with Gasteiger partial charge in [0.2, 0.25) is 0 Å². The Morgan fingerprint density at radius 3 is 2.64 bits per heavy atom. The molecule has 0 radical (unpaired) electrons. The number of anilines is 1. The summed E-state index contributed by atoms with van der Waals surface area (Å²) in [6, 6.07) is 7.49. The molecule has 2 heterocycles. The van der Waals surface area contributed by atoms with E-state index in [-0.39, 0.29) is 12.0 Å². The van der Waals surface area contributed by atoms with Gasteiger partial charge in [-0.25, -0.2) is 4.68 Å². The quantitative estimate of drug-likeness (QED) is 0.729. The summed E-state index contributed by atoms with van der Waals surface area (Å²) in [5, 5.41) is 24.3. The molecular formula is C20H27N5O3. The average Bonchev–Trinajstić information content (AvgIpc) is 3.22. The number of nitrogens with zero attached hydrogens (tertiary/aromatic N) is 3. The minimum Gasteiger partial charge on any atom is -0.488 e. The first-order chi connectivity index (χ1) is 13.7. The van der Waals surface area contributed by atoms with Crippen molar-refractivity contribution in [1.29, 1.82) is 0 Å². The molecule has 1 saturated carbocycles. The molecular weight excluding hydrogens is 358 g/mol. The lowest BCUT2D eigenvalue weighted by molar-refractivity contribution is 0.00688. The zero-order chi connectivity index (χ0) is 19.3. The fourth-order valence-electron chi connectivity index (χ4n) is 3.83. The Hall–Kier alpha value is -2.45. The van der Waals surface area contributed by atoms with E-state index in [1.165, 1.54) is 0 Å². The van der Waals surface area contributed by atoms with Gasteiger partial charge in [-0.05, 0) is 69.5 Å².